The van der Waals surface area contributed by atoms with Crippen LogP contribution in [-0.2, 0) is 0 Å². The number of halogens is 1. The summed E-state index contributed by atoms with van der Waals surface area (Å²) in [5.74, 6) is 3.37. The van der Waals surface area contributed by atoms with Gasteiger partial charge in [0.25, 0.3) is 0 Å². The maximum absolute atomic E-state index is 11.2. The van der Waals surface area contributed by atoms with Crippen molar-refractivity contribution in [2.45, 2.75) is 76.3 Å². The van der Waals surface area contributed by atoms with Gasteiger partial charge in [-0.15, -0.1) is 0 Å². The molecule has 4 aliphatic rings. The molecule has 144 valence electrons. The molecule has 0 heterocycles. The smallest absolute Gasteiger partial charge is 0.132 e. The highest BCUT2D eigenvalue weighted by Gasteiger charge is 2.66. The second-order valence-electron chi connectivity index (χ2n) is 9.53. The number of hydrogen-bond donors (Lipinski definition) is 4. The molecule has 26 heavy (non-hydrogen) atoms. The van der Waals surface area contributed by atoms with Crippen molar-refractivity contribution < 1.29 is 20.4 Å². The Hall–Kier alpha value is -0.570. The Morgan fingerprint density at radius 2 is 1.85 bits per heavy atom. The summed E-state index contributed by atoms with van der Waals surface area (Å²) in [7, 11) is 0. The Kier molecular flexibility index (Phi) is 4.31. The number of rotatable bonds is 0. The molecule has 0 amide bonds. The first-order valence-electron chi connectivity index (χ1n) is 9.75. The third-order valence-electron chi connectivity index (χ3n) is 8.47. The van der Waals surface area contributed by atoms with Gasteiger partial charge in [-0.1, -0.05) is 31.4 Å². The molecule has 0 aromatic heterocycles. The summed E-state index contributed by atoms with van der Waals surface area (Å²) >= 11 is 5.64. The Morgan fingerprint density at radius 1 is 1.12 bits per heavy atom. The maximum atomic E-state index is 11.2. The van der Waals surface area contributed by atoms with E-state index in [9.17, 15) is 20.4 Å². The van der Waals surface area contributed by atoms with Crippen LogP contribution in [0.25, 0.3) is 0 Å². The summed E-state index contributed by atoms with van der Waals surface area (Å²) in [4.78, 5) is 0. The molecule has 0 spiro atoms. The molecule has 0 aliphatic heterocycles. The normalized spacial score (nSPS) is 55.7. The minimum absolute atomic E-state index is 0.0361. The molecule has 5 heteroatoms. The fraction of sp³-hybridized carbons (Fsp3) is 0.810. The van der Waals surface area contributed by atoms with Gasteiger partial charge in [-0.3, -0.25) is 0 Å². The zero-order chi connectivity index (χ0) is 18.9. The third kappa shape index (κ3) is 2.31. The van der Waals surface area contributed by atoms with E-state index in [0.29, 0.717) is 25.7 Å². The molecule has 4 rings (SSSR count). The van der Waals surface area contributed by atoms with E-state index in [1.54, 1.807) is 0 Å². The average Bonchev–Trinajstić information content (AvgIpc) is 2.80. The highest BCUT2D eigenvalue weighted by molar-refractivity contribution is 6.30. The van der Waals surface area contributed by atoms with E-state index in [0.717, 1.165) is 12.8 Å². The fourth-order valence-electron chi connectivity index (χ4n) is 7.11. The zero-order valence-corrected chi connectivity index (χ0v) is 16.2. The molecule has 0 saturated heterocycles. The van der Waals surface area contributed by atoms with Crippen LogP contribution in [0.4, 0.5) is 0 Å². The van der Waals surface area contributed by atoms with Gasteiger partial charge in [-0.2, -0.15) is 0 Å². The third-order valence-corrected chi connectivity index (χ3v) is 8.57. The zero-order valence-electron chi connectivity index (χ0n) is 15.5. The molecule has 4 unspecified atom stereocenters. The van der Waals surface area contributed by atoms with E-state index in [4.69, 9.17) is 11.6 Å². The molecule has 4 aliphatic carbocycles. The molecular formula is C21H29ClO4. The van der Waals surface area contributed by atoms with Crippen molar-refractivity contribution in [2.75, 3.05) is 0 Å². The topological polar surface area (TPSA) is 80.9 Å². The predicted molar refractivity (Wildman–Crippen MR) is 99.1 cm³/mol. The SMILES string of the molecule is C[C@]12CC(O)C(O)CC1=CC[C@@H]1[C@H]2C(O)C[C@@]2(C)[C@H]1CCC2(O)C#CCl. The van der Waals surface area contributed by atoms with E-state index in [-0.39, 0.29) is 23.2 Å². The summed E-state index contributed by atoms with van der Waals surface area (Å²) in [5, 5.41) is 45.2. The molecule has 4 nitrogen and oxygen atoms in total. The average molecular weight is 381 g/mol. The van der Waals surface area contributed by atoms with E-state index in [2.05, 4.69) is 24.3 Å². The Balaban J connectivity index is 1.74. The van der Waals surface area contributed by atoms with E-state index < -0.39 is 29.3 Å². The predicted octanol–water partition coefficient (Wildman–Crippen LogP) is 2.18. The van der Waals surface area contributed by atoms with Crippen LogP contribution < -0.4 is 0 Å². The van der Waals surface area contributed by atoms with Gasteiger partial charge >= 0.3 is 0 Å². The van der Waals surface area contributed by atoms with E-state index >= 15 is 0 Å². The van der Waals surface area contributed by atoms with Gasteiger partial charge in [-0.25, -0.2) is 0 Å². The second kappa shape index (κ2) is 5.96. The van der Waals surface area contributed by atoms with Crippen molar-refractivity contribution >= 4 is 11.6 Å². The number of aliphatic hydroxyl groups excluding tert-OH is 3. The number of fused-ring (bicyclic) bond motifs is 5. The lowest BCUT2D eigenvalue weighted by Crippen LogP contribution is -2.60. The van der Waals surface area contributed by atoms with E-state index in [1.807, 2.05) is 6.92 Å². The first-order valence-corrected chi connectivity index (χ1v) is 10.1. The van der Waals surface area contributed by atoms with Crippen molar-refractivity contribution in [2.24, 2.45) is 28.6 Å². The summed E-state index contributed by atoms with van der Waals surface area (Å²) in [6.45, 7) is 4.18. The van der Waals surface area contributed by atoms with Crippen LogP contribution in [0.3, 0.4) is 0 Å². The quantitative estimate of drug-likeness (QED) is 0.383. The van der Waals surface area contributed by atoms with Crippen LogP contribution in [0.1, 0.15) is 52.4 Å². The van der Waals surface area contributed by atoms with Crippen molar-refractivity contribution in [1.82, 2.24) is 0 Å². The van der Waals surface area contributed by atoms with Crippen molar-refractivity contribution in [1.29, 1.82) is 0 Å². The molecule has 0 radical (unpaired) electrons. The summed E-state index contributed by atoms with van der Waals surface area (Å²) < 4.78 is 0. The molecular weight excluding hydrogens is 352 g/mol. The van der Waals surface area contributed by atoms with Gasteiger partial charge in [0.1, 0.15) is 5.60 Å². The number of allylic oxidation sites excluding steroid dienone is 1. The van der Waals surface area contributed by atoms with Crippen molar-refractivity contribution in [3.05, 3.63) is 11.6 Å². The van der Waals surface area contributed by atoms with Gasteiger partial charge in [0.05, 0.1) is 18.3 Å². The Labute approximate surface area is 160 Å². The van der Waals surface area contributed by atoms with Gasteiger partial charge in [0, 0.05) is 10.8 Å². The first-order chi connectivity index (χ1) is 12.2. The molecule has 9 atom stereocenters. The Morgan fingerprint density at radius 3 is 2.54 bits per heavy atom. The standard InChI is InChI=1S/C21H29ClO4/c1-19-10-16(24)15(23)9-12(19)3-4-13-14-5-6-21(26,7-8-22)20(14,2)11-17(25)18(13)19/h3,13-18,23-26H,4-6,9-11H2,1-2H3/t13-,14-,15?,16?,17?,18-,19-,20-,21?/m0/s1. The van der Waals surface area contributed by atoms with Gasteiger partial charge in [0.2, 0.25) is 0 Å². The molecule has 0 aromatic carbocycles. The van der Waals surface area contributed by atoms with Gasteiger partial charge in [0.15, 0.2) is 0 Å². The van der Waals surface area contributed by atoms with Gasteiger partial charge in [-0.05, 0) is 73.3 Å². The molecule has 4 N–H and O–H groups in total. The second-order valence-corrected chi connectivity index (χ2v) is 9.72. The number of hydrogen-bond acceptors (Lipinski definition) is 4. The molecule has 3 fully saturated rings. The van der Waals surface area contributed by atoms with Gasteiger partial charge < -0.3 is 20.4 Å². The van der Waals surface area contributed by atoms with Crippen LogP contribution in [0.15, 0.2) is 11.6 Å². The van der Waals surface area contributed by atoms with Crippen LogP contribution in [0, 0.1) is 39.9 Å². The maximum Gasteiger partial charge on any atom is 0.132 e. The van der Waals surface area contributed by atoms with Crippen LogP contribution >= 0.6 is 11.6 Å². The monoisotopic (exact) mass is 380 g/mol. The summed E-state index contributed by atoms with van der Waals surface area (Å²) in [6, 6.07) is 0. The lowest BCUT2D eigenvalue weighted by Gasteiger charge is -2.60. The van der Waals surface area contributed by atoms with Crippen LogP contribution in [-0.4, -0.2) is 44.3 Å². The minimum Gasteiger partial charge on any atom is -0.393 e. The number of aliphatic hydroxyl groups is 4. The lowest BCUT2D eigenvalue weighted by atomic mass is 9.46. The van der Waals surface area contributed by atoms with Crippen molar-refractivity contribution in [3.8, 4) is 11.3 Å². The molecule has 0 bridgehead atoms. The molecule has 0 aromatic rings. The van der Waals surface area contributed by atoms with Crippen LogP contribution in [0.2, 0.25) is 0 Å². The summed E-state index contributed by atoms with van der Waals surface area (Å²) in [5.41, 5.74) is -0.767. The minimum atomic E-state index is -1.15. The highest BCUT2D eigenvalue weighted by Crippen LogP contribution is 2.67. The van der Waals surface area contributed by atoms with Crippen molar-refractivity contribution in [3.63, 3.8) is 0 Å². The lowest BCUT2D eigenvalue weighted by molar-refractivity contribution is -0.160. The highest BCUT2D eigenvalue weighted by atomic mass is 35.5. The molecule has 3 saturated carbocycles. The summed E-state index contributed by atoms with van der Waals surface area (Å²) in [6.07, 6.45) is 3.94. The first kappa shape index (κ1) is 18.8. The van der Waals surface area contributed by atoms with E-state index in [1.165, 1.54) is 5.57 Å². The largest absolute Gasteiger partial charge is 0.393 e. The fourth-order valence-corrected chi connectivity index (χ4v) is 7.27. The van der Waals surface area contributed by atoms with Crippen LogP contribution in [0.5, 0.6) is 0 Å². The Bertz CT molecular complexity index is 696.